The van der Waals surface area contributed by atoms with E-state index in [2.05, 4.69) is 79.9 Å². The normalized spacial score (nSPS) is 14.6. The zero-order valence-electron chi connectivity index (χ0n) is 23.0. The van der Waals surface area contributed by atoms with Crippen LogP contribution in [0.25, 0.3) is 10.9 Å². The van der Waals surface area contributed by atoms with Crippen LogP contribution < -0.4 is 15.4 Å². The summed E-state index contributed by atoms with van der Waals surface area (Å²) in [6.45, 7) is 2.21. The van der Waals surface area contributed by atoms with Gasteiger partial charge in [-0.3, -0.25) is 0 Å². The number of nitrogens with one attached hydrogen (secondary N) is 1. The molecular formula is C32H29AsBrN7O. The van der Waals surface area contributed by atoms with Crippen LogP contribution in [0.3, 0.4) is 0 Å². The van der Waals surface area contributed by atoms with Gasteiger partial charge in [0.15, 0.2) is 0 Å². The summed E-state index contributed by atoms with van der Waals surface area (Å²) in [5, 5.41) is 23.6. The second-order valence-electron chi connectivity index (χ2n) is 10.5. The summed E-state index contributed by atoms with van der Waals surface area (Å²) >= 11 is 3.00. The van der Waals surface area contributed by atoms with Crippen molar-refractivity contribution in [1.29, 1.82) is 5.26 Å². The number of nitrogens with two attached hydrogens (primary N) is 1. The number of hydrogen-bond acceptors (Lipinski definition) is 6. The summed E-state index contributed by atoms with van der Waals surface area (Å²) < 4.78 is 4.22. The molecule has 3 unspecified atom stereocenters. The molecule has 3 atom stereocenters. The van der Waals surface area contributed by atoms with Crippen LogP contribution >= 0.6 is 15.9 Å². The van der Waals surface area contributed by atoms with Crippen molar-refractivity contribution in [3.05, 3.63) is 112 Å². The van der Waals surface area contributed by atoms with Gasteiger partial charge in [0.1, 0.15) is 0 Å². The first-order valence-corrected chi connectivity index (χ1v) is 16.9. The monoisotopic (exact) mass is 681 g/mol. The topological polar surface area (TPSA) is 123 Å². The fourth-order valence-electron chi connectivity index (χ4n) is 5.17. The first-order chi connectivity index (χ1) is 20.4. The average molecular weight is 682 g/mol. The zero-order chi connectivity index (χ0) is 29.2. The van der Waals surface area contributed by atoms with Gasteiger partial charge in [0.05, 0.1) is 0 Å². The van der Waals surface area contributed by atoms with Crippen molar-refractivity contribution in [2.24, 2.45) is 5.73 Å². The number of anilines is 1. The Morgan fingerprint density at radius 1 is 1.17 bits per heavy atom. The summed E-state index contributed by atoms with van der Waals surface area (Å²) in [4.78, 5) is 16.7. The van der Waals surface area contributed by atoms with Gasteiger partial charge >= 0.3 is 260 Å². The summed E-state index contributed by atoms with van der Waals surface area (Å²) in [5.74, 6) is -0.487. The molecular weight excluding hydrogens is 653 g/mol. The molecule has 0 bridgehead atoms. The molecule has 3 N–H and O–H groups in total. The second kappa shape index (κ2) is 12.1. The van der Waals surface area contributed by atoms with Crippen LogP contribution in [0.1, 0.15) is 75.7 Å². The number of pyridine rings is 1. The number of carbonyl (C=O) groups is 1. The van der Waals surface area contributed by atoms with Gasteiger partial charge in [-0.2, -0.15) is 0 Å². The maximum atomic E-state index is 12.0. The number of rotatable bonds is 10. The fraction of sp³-hybridized carbons (Fsp3) is 0.219. The van der Waals surface area contributed by atoms with Crippen molar-refractivity contribution in [3.8, 4) is 6.07 Å². The van der Waals surface area contributed by atoms with Crippen LogP contribution in [0.4, 0.5) is 5.69 Å². The van der Waals surface area contributed by atoms with Gasteiger partial charge in [0.25, 0.3) is 0 Å². The maximum absolute atomic E-state index is 12.0. The Labute approximate surface area is 259 Å². The van der Waals surface area contributed by atoms with E-state index in [0.717, 1.165) is 55.9 Å². The first-order valence-electron chi connectivity index (χ1n) is 13.9. The number of primary amides is 1. The number of aromatic nitrogens is 4. The second-order valence-corrected chi connectivity index (χ2v) is 14.4. The van der Waals surface area contributed by atoms with E-state index in [-0.39, 0.29) is 6.04 Å². The molecule has 8 nitrogen and oxygen atoms in total. The predicted octanol–water partition coefficient (Wildman–Crippen LogP) is 5.31. The minimum absolute atomic E-state index is 0.376. The van der Waals surface area contributed by atoms with E-state index in [1.807, 2.05) is 35.1 Å². The molecule has 3 aromatic carbocycles. The minimum atomic E-state index is -0.757. The SMILES string of the molecule is CCC([AsH]c1c(C#N)cnc2c(Br)cc(NC(c3cccc(C(N)=O)c3)c3cn(C4CC4)nn3)cc12)c1ccccc1. The standard InChI is InChI=1S/C32H29AsBrN7O/c1-2-26(19-7-4-3-5-8-19)33-29-22(16-35)17-37-31-25(29)14-23(15-27(31)34)38-30(20-9-6-10-21(13-20)32(36)42)28-18-41(40-39-28)24-11-12-24/h3-10,13-15,17-18,24,26,30,33,38H,2,11-12H2,1H3,(H2,36,42). The number of nitriles is 1. The Morgan fingerprint density at radius 3 is 2.67 bits per heavy atom. The number of fused-ring (bicyclic) bond motifs is 1. The molecule has 0 saturated heterocycles. The Bertz CT molecular complexity index is 1810. The average Bonchev–Trinajstić information content (AvgIpc) is 3.75. The van der Waals surface area contributed by atoms with E-state index in [9.17, 15) is 10.1 Å². The third-order valence-electron chi connectivity index (χ3n) is 7.53. The van der Waals surface area contributed by atoms with Crippen LogP contribution in [0.5, 0.6) is 0 Å². The number of benzene rings is 3. The molecule has 6 rings (SSSR count). The van der Waals surface area contributed by atoms with Crippen molar-refractivity contribution >= 4 is 58.5 Å². The Morgan fingerprint density at radius 2 is 1.95 bits per heavy atom. The molecule has 5 aromatic rings. The first kappa shape index (κ1) is 28.1. The van der Waals surface area contributed by atoms with E-state index in [1.165, 1.54) is 5.56 Å². The van der Waals surface area contributed by atoms with E-state index >= 15 is 0 Å². The van der Waals surface area contributed by atoms with Gasteiger partial charge in [-0.25, -0.2) is 0 Å². The van der Waals surface area contributed by atoms with Crippen LogP contribution in [0, 0.1) is 11.3 Å². The molecule has 0 spiro atoms. The van der Waals surface area contributed by atoms with E-state index in [1.54, 1.807) is 18.3 Å². The van der Waals surface area contributed by atoms with Crippen LogP contribution in [0.2, 0.25) is 0 Å². The Balaban J connectivity index is 1.44. The summed E-state index contributed by atoms with van der Waals surface area (Å²) in [6.07, 6.45) is 6.86. The third-order valence-corrected chi connectivity index (χ3v) is 12.2. The number of halogens is 1. The Hall–Kier alpha value is -3.99. The molecule has 1 fully saturated rings. The molecule has 1 aliphatic carbocycles. The van der Waals surface area contributed by atoms with E-state index in [0.29, 0.717) is 21.9 Å². The van der Waals surface area contributed by atoms with Crippen molar-refractivity contribution in [1.82, 2.24) is 20.0 Å². The zero-order valence-corrected chi connectivity index (χ0v) is 26.6. The van der Waals surface area contributed by atoms with E-state index < -0.39 is 21.7 Å². The van der Waals surface area contributed by atoms with E-state index in [4.69, 9.17) is 5.73 Å². The molecule has 10 heteroatoms. The molecule has 1 aliphatic rings. The van der Waals surface area contributed by atoms with Crippen LogP contribution in [-0.4, -0.2) is 41.6 Å². The van der Waals surface area contributed by atoms with Crippen molar-refractivity contribution in [2.75, 3.05) is 5.32 Å². The van der Waals surface area contributed by atoms with Crippen molar-refractivity contribution in [2.45, 2.75) is 43.0 Å². The molecule has 2 heterocycles. The van der Waals surface area contributed by atoms with Crippen molar-refractivity contribution < 1.29 is 4.79 Å². The predicted molar refractivity (Wildman–Crippen MR) is 169 cm³/mol. The fourth-order valence-corrected chi connectivity index (χ4v) is 8.95. The molecule has 42 heavy (non-hydrogen) atoms. The van der Waals surface area contributed by atoms with Gasteiger partial charge in [-0.15, -0.1) is 0 Å². The number of hydrogen-bond donors (Lipinski definition) is 2. The van der Waals surface area contributed by atoms with Gasteiger partial charge in [0.2, 0.25) is 0 Å². The van der Waals surface area contributed by atoms with Crippen molar-refractivity contribution in [3.63, 3.8) is 0 Å². The molecule has 0 aliphatic heterocycles. The molecule has 0 radical (unpaired) electrons. The molecule has 1 amide bonds. The summed E-state index contributed by atoms with van der Waals surface area (Å²) in [6, 6.07) is 24.3. The quantitative estimate of drug-likeness (QED) is 0.193. The van der Waals surface area contributed by atoms with Crippen LogP contribution in [-0.2, 0) is 0 Å². The van der Waals surface area contributed by atoms with Crippen LogP contribution in [0.15, 0.2) is 83.6 Å². The molecule has 210 valence electrons. The van der Waals surface area contributed by atoms with Gasteiger partial charge in [-0.05, 0) is 0 Å². The third kappa shape index (κ3) is 5.83. The number of nitrogens with zero attached hydrogens (tertiary/aromatic N) is 5. The molecule has 2 aromatic heterocycles. The number of carbonyl (C=O) groups excluding carboxylic acids is 1. The van der Waals surface area contributed by atoms with Gasteiger partial charge < -0.3 is 0 Å². The van der Waals surface area contributed by atoms with Gasteiger partial charge in [-0.1, -0.05) is 0 Å². The summed E-state index contributed by atoms with van der Waals surface area (Å²) in [5.41, 5.74) is 11.2. The summed E-state index contributed by atoms with van der Waals surface area (Å²) in [7, 11) is 0. The molecule has 1 saturated carbocycles. The Kier molecular flexibility index (Phi) is 8.10. The van der Waals surface area contributed by atoms with Gasteiger partial charge in [0, 0.05) is 0 Å². The number of amides is 1.